The van der Waals surface area contributed by atoms with Gasteiger partial charge >= 0.3 is 0 Å². The summed E-state index contributed by atoms with van der Waals surface area (Å²) in [6.45, 7) is 2.24. The van der Waals surface area contributed by atoms with Crippen LogP contribution in [-0.4, -0.2) is 19.2 Å². The lowest BCUT2D eigenvalue weighted by Gasteiger charge is -2.04. The van der Waals surface area contributed by atoms with Crippen molar-refractivity contribution in [2.24, 2.45) is 0 Å². The van der Waals surface area contributed by atoms with Gasteiger partial charge in [-0.25, -0.2) is 4.98 Å². The minimum absolute atomic E-state index is 0.635. The Hall–Kier alpha value is -1.43. The van der Waals surface area contributed by atoms with Crippen LogP contribution in [0.2, 0.25) is 0 Å². The summed E-state index contributed by atoms with van der Waals surface area (Å²) in [6.07, 6.45) is 1.87. The second kappa shape index (κ2) is 7.23. The maximum Gasteiger partial charge on any atom is 0.118 e. The van der Waals surface area contributed by atoms with E-state index in [1.165, 1.54) is 5.56 Å². The maximum absolute atomic E-state index is 5.13. The van der Waals surface area contributed by atoms with Crippen LogP contribution in [-0.2, 0) is 24.4 Å². The second-order valence-corrected chi connectivity index (χ2v) is 5.30. The van der Waals surface area contributed by atoms with Crippen molar-refractivity contribution in [1.82, 2.24) is 10.3 Å². The van der Waals surface area contributed by atoms with Crippen molar-refractivity contribution >= 4 is 11.3 Å². The van der Waals surface area contributed by atoms with Gasteiger partial charge in [-0.15, -0.1) is 11.3 Å². The van der Waals surface area contributed by atoms with Gasteiger partial charge < -0.3 is 14.8 Å². The van der Waals surface area contributed by atoms with Crippen LogP contribution in [0.25, 0.3) is 0 Å². The van der Waals surface area contributed by atoms with Crippen molar-refractivity contribution in [1.29, 1.82) is 0 Å². The van der Waals surface area contributed by atoms with Crippen LogP contribution in [0.5, 0.6) is 5.75 Å². The molecule has 102 valence electrons. The number of rotatable bonds is 7. The summed E-state index contributed by atoms with van der Waals surface area (Å²) in [6, 6.07) is 8.06. The Morgan fingerprint density at radius 2 is 1.95 bits per heavy atom. The number of nitrogens with zero attached hydrogens (tertiary/aromatic N) is 1. The predicted molar refractivity (Wildman–Crippen MR) is 76.4 cm³/mol. The van der Waals surface area contributed by atoms with E-state index in [0.717, 1.165) is 28.7 Å². The van der Waals surface area contributed by atoms with E-state index in [0.29, 0.717) is 6.61 Å². The number of methoxy groups -OCH3 is 2. The second-order valence-electron chi connectivity index (χ2n) is 4.10. The molecule has 1 aromatic carbocycles. The van der Waals surface area contributed by atoms with Crippen molar-refractivity contribution < 1.29 is 9.47 Å². The first-order valence-corrected chi connectivity index (χ1v) is 6.89. The van der Waals surface area contributed by atoms with Gasteiger partial charge in [0, 0.05) is 26.4 Å². The van der Waals surface area contributed by atoms with Crippen LogP contribution in [0.1, 0.15) is 15.4 Å². The molecule has 0 fully saturated rings. The topological polar surface area (TPSA) is 43.4 Å². The quantitative estimate of drug-likeness (QED) is 0.845. The normalized spacial score (nSPS) is 10.6. The van der Waals surface area contributed by atoms with Crippen molar-refractivity contribution in [2.45, 2.75) is 19.7 Å². The SMILES string of the molecule is COCc1cnc(CNCc2ccc(OC)cc2)s1. The average Bonchev–Trinajstić information content (AvgIpc) is 2.88. The molecule has 1 aromatic heterocycles. The lowest BCUT2D eigenvalue weighted by molar-refractivity contribution is 0.187. The van der Waals surface area contributed by atoms with Gasteiger partial charge in [0.05, 0.1) is 18.6 Å². The molecule has 0 radical (unpaired) electrons. The van der Waals surface area contributed by atoms with Crippen molar-refractivity contribution in [2.75, 3.05) is 14.2 Å². The molecule has 1 heterocycles. The number of hydrogen-bond donors (Lipinski definition) is 1. The van der Waals surface area contributed by atoms with Crippen LogP contribution < -0.4 is 10.1 Å². The molecule has 19 heavy (non-hydrogen) atoms. The largest absolute Gasteiger partial charge is 0.497 e. The highest BCUT2D eigenvalue weighted by Crippen LogP contribution is 2.14. The monoisotopic (exact) mass is 278 g/mol. The Morgan fingerprint density at radius 3 is 2.63 bits per heavy atom. The maximum atomic E-state index is 5.13. The molecule has 0 unspecified atom stereocenters. The van der Waals surface area contributed by atoms with Crippen LogP contribution in [0, 0.1) is 0 Å². The Labute approximate surface area is 117 Å². The molecule has 0 bridgehead atoms. The van der Waals surface area contributed by atoms with Crippen LogP contribution in [0.4, 0.5) is 0 Å². The summed E-state index contributed by atoms with van der Waals surface area (Å²) in [7, 11) is 3.37. The standard InChI is InChI=1S/C14H18N2O2S/c1-17-10-13-8-16-14(19-13)9-15-7-11-3-5-12(18-2)6-4-11/h3-6,8,15H,7,9-10H2,1-2H3. The van der Waals surface area contributed by atoms with Crippen LogP contribution in [0.15, 0.2) is 30.5 Å². The molecule has 0 aliphatic heterocycles. The molecule has 0 saturated carbocycles. The highest BCUT2D eigenvalue weighted by molar-refractivity contribution is 7.11. The molecule has 5 heteroatoms. The third-order valence-corrected chi connectivity index (χ3v) is 3.62. The highest BCUT2D eigenvalue weighted by atomic mass is 32.1. The Kier molecular flexibility index (Phi) is 5.32. The first-order valence-electron chi connectivity index (χ1n) is 6.08. The van der Waals surface area contributed by atoms with E-state index < -0.39 is 0 Å². The molecule has 0 aliphatic rings. The van der Waals surface area contributed by atoms with Gasteiger partial charge in [0.2, 0.25) is 0 Å². The molecular weight excluding hydrogens is 260 g/mol. The van der Waals surface area contributed by atoms with Gasteiger partial charge in [0.25, 0.3) is 0 Å². The molecule has 0 aliphatic carbocycles. The first kappa shape index (κ1) is 14.0. The van der Waals surface area contributed by atoms with Crippen molar-refractivity contribution in [3.05, 3.63) is 45.9 Å². The molecule has 1 N–H and O–H groups in total. The number of nitrogens with one attached hydrogen (secondary N) is 1. The fraction of sp³-hybridized carbons (Fsp3) is 0.357. The molecule has 0 saturated heterocycles. The number of benzene rings is 1. The van der Waals surface area contributed by atoms with Gasteiger partial charge in [-0.1, -0.05) is 12.1 Å². The lowest BCUT2D eigenvalue weighted by Crippen LogP contribution is -2.12. The predicted octanol–water partition coefficient (Wildman–Crippen LogP) is 2.59. The van der Waals surface area contributed by atoms with Gasteiger partial charge in [-0.3, -0.25) is 0 Å². The van der Waals surface area contributed by atoms with Crippen molar-refractivity contribution in [3.8, 4) is 5.75 Å². The third-order valence-electron chi connectivity index (χ3n) is 2.65. The summed E-state index contributed by atoms with van der Waals surface area (Å²) in [5, 5.41) is 4.46. The zero-order valence-electron chi connectivity index (χ0n) is 11.2. The van der Waals surface area contributed by atoms with E-state index in [1.54, 1.807) is 25.6 Å². The fourth-order valence-electron chi connectivity index (χ4n) is 1.70. The third kappa shape index (κ3) is 4.31. The minimum atomic E-state index is 0.635. The number of hydrogen-bond acceptors (Lipinski definition) is 5. The number of thiazole rings is 1. The van der Waals surface area contributed by atoms with Gasteiger partial charge in [0.15, 0.2) is 0 Å². The minimum Gasteiger partial charge on any atom is -0.497 e. The van der Waals surface area contributed by atoms with E-state index in [2.05, 4.69) is 22.4 Å². The zero-order chi connectivity index (χ0) is 13.5. The highest BCUT2D eigenvalue weighted by Gasteiger charge is 2.01. The Bertz CT molecular complexity index is 496. The lowest BCUT2D eigenvalue weighted by atomic mass is 10.2. The van der Waals surface area contributed by atoms with Crippen LogP contribution in [0.3, 0.4) is 0 Å². The first-order chi connectivity index (χ1) is 9.31. The average molecular weight is 278 g/mol. The van der Waals surface area contributed by atoms with E-state index in [-0.39, 0.29) is 0 Å². The van der Waals surface area contributed by atoms with E-state index >= 15 is 0 Å². The van der Waals surface area contributed by atoms with Crippen molar-refractivity contribution in [3.63, 3.8) is 0 Å². The van der Waals surface area contributed by atoms with Crippen LogP contribution >= 0.6 is 11.3 Å². The van der Waals surface area contributed by atoms with Gasteiger partial charge in [-0.05, 0) is 17.7 Å². The molecule has 4 nitrogen and oxygen atoms in total. The van der Waals surface area contributed by atoms with E-state index in [1.807, 2.05) is 18.3 Å². The molecule has 0 spiro atoms. The molecule has 2 aromatic rings. The zero-order valence-corrected chi connectivity index (χ0v) is 12.0. The molecular formula is C14H18N2O2S. The number of ether oxygens (including phenoxy) is 2. The smallest absolute Gasteiger partial charge is 0.118 e. The van der Waals surface area contributed by atoms with Gasteiger partial charge in [0.1, 0.15) is 10.8 Å². The Balaban J connectivity index is 1.78. The molecule has 0 atom stereocenters. The summed E-state index contributed by atoms with van der Waals surface area (Å²) < 4.78 is 10.2. The number of aromatic nitrogens is 1. The summed E-state index contributed by atoms with van der Waals surface area (Å²) >= 11 is 1.68. The van der Waals surface area contributed by atoms with Gasteiger partial charge in [-0.2, -0.15) is 0 Å². The molecule has 2 rings (SSSR count). The summed E-state index contributed by atoms with van der Waals surface area (Å²) in [5.41, 5.74) is 1.23. The summed E-state index contributed by atoms with van der Waals surface area (Å²) in [4.78, 5) is 5.51. The summed E-state index contributed by atoms with van der Waals surface area (Å²) in [5.74, 6) is 0.882. The fourth-order valence-corrected chi connectivity index (χ4v) is 2.56. The Morgan fingerprint density at radius 1 is 1.16 bits per heavy atom. The molecule has 0 amide bonds. The van der Waals surface area contributed by atoms with E-state index in [4.69, 9.17) is 9.47 Å². The van der Waals surface area contributed by atoms with E-state index in [9.17, 15) is 0 Å².